The van der Waals surface area contributed by atoms with Gasteiger partial charge in [-0.1, -0.05) is 12.1 Å². The summed E-state index contributed by atoms with van der Waals surface area (Å²) in [4.78, 5) is 20.6. The second-order valence-electron chi connectivity index (χ2n) is 3.54. The lowest BCUT2D eigenvalue weighted by Crippen LogP contribution is -1.89. The van der Waals surface area contributed by atoms with Crippen LogP contribution in [0.5, 0.6) is 11.5 Å². The zero-order chi connectivity index (χ0) is 13.0. The molecular formula is C13H9NO4. The Bertz CT molecular complexity index is 578. The van der Waals surface area contributed by atoms with Crippen molar-refractivity contribution in [3.05, 3.63) is 64.2 Å². The Kier molecular flexibility index (Phi) is 3.33. The largest absolute Gasteiger partial charge is 0.457 e. The minimum Gasteiger partial charge on any atom is -0.457 e. The van der Waals surface area contributed by atoms with Crippen LogP contribution in [0.15, 0.2) is 48.5 Å². The molecule has 0 N–H and O–H groups in total. The molecule has 2 aromatic carbocycles. The van der Waals surface area contributed by atoms with Gasteiger partial charge in [-0.3, -0.25) is 14.9 Å². The lowest BCUT2D eigenvalue weighted by Gasteiger charge is -2.05. The Morgan fingerprint density at radius 1 is 1.06 bits per heavy atom. The molecule has 0 fully saturated rings. The number of hydrogen-bond acceptors (Lipinski definition) is 4. The van der Waals surface area contributed by atoms with Crippen molar-refractivity contribution in [1.29, 1.82) is 0 Å². The normalized spacial score (nSPS) is 9.78. The predicted octanol–water partition coefficient (Wildman–Crippen LogP) is 3.20. The summed E-state index contributed by atoms with van der Waals surface area (Å²) in [5, 5.41) is 10.5. The third-order valence-electron chi connectivity index (χ3n) is 2.28. The van der Waals surface area contributed by atoms with Crippen molar-refractivity contribution in [3.63, 3.8) is 0 Å². The zero-order valence-corrected chi connectivity index (χ0v) is 9.28. The molecule has 0 heterocycles. The molecule has 0 saturated heterocycles. The highest BCUT2D eigenvalue weighted by Gasteiger charge is 2.05. The molecule has 0 bridgehead atoms. The molecule has 0 amide bonds. The van der Waals surface area contributed by atoms with E-state index in [1.165, 1.54) is 24.3 Å². The van der Waals surface area contributed by atoms with Gasteiger partial charge in [-0.2, -0.15) is 0 Å². The number of carbonyl (C=O) groups is 1. The first-order valence-corrected chi connectivity index (χ1v) is 5.16. The summed E-state index contributed by atoms with van der Waals surface area (Å²) in [6.45, 7) is 0. The highest BCUT2D eigenvalue weighted by molar-refractivity contribution is 5.75. The van der Waals surface area contributed by atoms with Gasteiger partial charge in [-0.05, 0) is 24.3 Å². The van der Waals surface area contributed by atoms with Crippen molar-refractivity contribution in [1.82, 2.24) is 0 Å². The van der Waals surface area contributed by atoms with E-state index in [0.717, 1.165) is 6.29 Å². The lowest BCUT2D eigenvalue weighted by atomic mass is 10.2. The van der Waals surface area contributed by atoms with Crippen molar-refractivity contribution in [3.8, 4) is 11.5 Å². The van der Waals surface area contributed by atoms with Crippen molar-refractivity contribution < 1.29 is 14.5 Å². The van der Waals surface area contributed by atoms with Crippen LogP contribution in [0, 0.1) is 10.1 Å². The first-order valence-electron chi connectivity index (χ1n) is 5.16. The lowest BCUT2D eigenvalue weighted by molar-refractivity contribution is -0.384. The molecule has 0 unspecified atom stereocenters. The van der Waals surface area contributed by atoms with Gasteiger partial charge in [-0.25, -0.2) is 0 Å². The molecule has 0 atom stereocenters. The van der Waals surface area contributed by atoms with E-state index < -0.39 is 4.92 Å². The number of hydrogen-bond donors (Lipinski definition) is 0. The molecule has 90 valence electrons. The van der Waals surface area contributed by atoms with Crippen LogP contribution >= 0.6 is 0 Å². The number of carbonyl (C=O) groups excluding carboxylic acids is 1. The van der Waals surface area contributed by atoms with Crippen LogP contribution in [0.3, 0.4) is 0 Å². The summed E-state index contributed by atoms with van der Waals surface area (Å²) in [7, 11) is 0. The molecule has 2 aromatic rings. The first-order chi connectivity index (χ1) is 8.69. The van der Waals surface area contributed by atoms with Gasteiger partial charge in [0.25, 0.3) is 5.69 Å². The second-order valence-corrected chi connectivity index (χ2v) is 3.54. The monoisotopic (exact) mass is 243 g/mol. The molecular weight excluding hydrogens is 234 g/mol. The molecule has 0 aromatic heterocycles. The maximum absolute atomic E-state index is 10.6. The van der Waals surface area contributed by atoms with E-state index in [-0.39, 0.29) is 5.69 Å². The number of nitro benzene ring substituents is 1. The van der Waals surface area contributed by atoms with Crippen LogP contribution in [-0.4, -0.2) is 11.2 Å². The third-order valence-corrected chi connectivity index (χ3v) is 2.28. The maximum atomic E-state index is 10.6. The Morgan fingerprint density at radius 3 is 2.39 bits per heavy atom. The van der Waals surface area contributed by atoms with Gasteiger partial charge >= 0.3 is 0 Å². The van der Waals surface area contributed by atoms with Gasteiger partial charge in [0.05, 0.1) is 4.92 Å². The molecule has 0 radical (unpaired) electrons. The van der Waals surface area contributed by atoms with Crippen molar-refractivity contribution in [2.24, 2.45) is 0 Å². The van der Waals surface area contributed by atoms with Crippen LogP contribution in [0.25, 0.3) is 0 Å². The zero-order valence-electron chi connectivity index (χ0n) is 9.28. The summed E-state index contributed by atoms with van der Waals surface area (Å²) < 4.78 is 5.47. The number of ether oxygens (including phenoxy) is 1. The Hall–Kier alpha value is -2.69. The maximum Gasteiger partial charge on any atom is 0.269 e. The summed E-state index contributed by atoms with van der Waals surface area (Å²) in [5.74, 6) is 0.983. The minimum atomic E-state index is -0.475. The van der Waals surface area contributed by atoms with E-state index in [9.17, 15) is 14.9 Å². The molecule has 0 spiro atoms. The standard InChI is InChI=1S/C13H9NO4/c15-9-10-2-1-3-13(8-10)18-12-6-4-11(5-7-12)14(16)17/h1-9H. The first kappa shape index (κ1) is 11.8. The smallest absolute Gasteiger partial charge is 0.269 e. The number of benzene rings is 2. The van der Waals surface area contributed by atoms with E-state index in [2.05, 4.69) is 0 Å². The minimum absolute atomic E-state index is 0.00370. The molecule has 0 aliphatic heterocycles. The van der Waals surface area contributed by atoms with Gasteiger partial charge < -0.3 is 4.74 Å². The highest BCUT2D eigenvalue weighted by Crippen LogP contribution is 2.24. The van der Waals surface area contributed by atoms with Crippen molar-refractivity contribution in [2.75, 3.05) is 0 Å². The van der Waals surface area contributed by atoms with E-state index >= 15 is 0 Å². The van der Waals surface area contributed by atoms with E-state index in [1.54, 1.807) is 24.3 Å². The van der Waals surface area contributed by atoms with Gasteiger partial charge in [0, 0.05) is 17.7 Å². The number of aldehydes is 1. The molecule has 5 heteroatoms. The average molecular weight is 243 g/mol. The van der Waals surface area contributed by atoms with Crippen LogP contribution in [0.2, 0.25) is 0 Å². The topological polar surface area (TPSA) is 69.4 Å². The number of non-ortho nitro benzene ring substituents is 1. The molecule has 5 nitrogen and oxygen atoms in total. The summed E-state index contributed by atoms with van der Waals surface area (Å²) in [6.07, 6.45) is 0.725. The molecule has 18 heavy (non-hydrogen) atoms. The van der Waals surface area contributed by atoms with E-state index in [1.807, 2.05) is 0 Å². The molecule has 2 rings (SSSR count). The third kappa shape index (κ3) is 2.70. The van der Waals surface area contributed by atoms with Crippen LogP contribution < -0.4 is 4.74 Å². The van der Waals surface area contributed by atoms with Gasteiger partial charge in [0.1, 0.15) is 17.8 Å². The van der Waals surface area contributed by atoms with Crippen molar-refractivity contribution >= 4 is 12.0 Å². The predicted molar refractivity (Wildman–Crippen MR) is 65.0 cm³/mol. The average Bonchev–Trinajstić information content (AvgIpc) is 2.39. The number of nitrogens with zero attached hydrogens (tertiary/aromatic N) is 1. The molecule has 0 aliphatic carbocycles. The number of nitro groups is 1. The SMILES string of the molecule is O=Cc1cccc(Oc2ccc([N+](=O)[O-])cc2)c1. The van der Waals surface area contributed by atoms with Crippen LogP contribution in [-0.2, 0) is 0 Å². The van der Waals surface area contributed by atoms with Gasteiger partial charge in [0.15, 0.2) is 0 Å². The number of rotatable bonds is 4. The summed E-state index contributed by atoms with van der Waals surface area (Å²) in [5.41, 5.74) is 0.512. The van der Waals surface area contributed by atoms with Gasteiger partial charge in [0.2, 0.25) is 0 Å². The molecule has 0 saturated carbocycles. The molecule has 0 aliphatic rings. The van der Waals surface area contributed by atoms with Crippen LogP contribution in [0.1, 0.15) is 10.4 Å². The Balaban J connectivity index is 2.17. The van der Waals surface area contributed by atoms with E-state index in [0.29, 0.717) is 17.1 Å². The van der Waals surface area contributed by atoms with E-state index in [4.69, 9.17) is 4.74 Å². The summed E-state index contributed by atoms with van der Waals surface area (Å²) >= 11 is 0. The highest BCUT2D eigenvalue weighted by atomic mass is 16.6. The van der Waals surface area contributed by atoms with Crippen LogP contribution in [0.4, 0.5) is 5.69 Å². The fourth-order valence-corrected chi connectivity index (χ4v) is 1.42. The fraction of sp³-hybridized carbons (Fsp3) is 0. The second kappa shape index (κ2) is 5.09. The van der Waals surface area contributed by atoms with Crippen molar-refractivity contribution in [2.45, 2.75) is 0 Å². The quantitative estimate of drug-likeness (QED) is 0.469. The Labute approximate surface area is 103 Å². The fourth-order valence-electron chi connectivity index (χ4n) is 1.42. The summed E-state index contributed by atoms with van der Waals surface area (Å²) in [6, 6.07) is 12.4. The Morgan fingerprint density at radius 2 is 1.78 bits per heavy atom. The van der Waals surface area contributed by atoms with Gasteiger partial charge in [-0.15, -0.1) is 0 Å².